The molecule has 0 saturated carbocycles. The summed E-state index contributed by atoms with van der Waals surface area (Å²) in [5.41, 5.74) is 4.12. The minimum atomic E-state index is 0.455. The summed E-state index contributed by atoms with van der Waals surface area (Å²) < 4.78 is 0.871. The van der Waals surface area contributed by atoms with Crippen molar-refractivity contribution in [1.82, 2.24) is 5.32 Å². The van der Waals surface area contributed by atoms with Crippen LogP contribution < -0.4 is 5.32 Å². The number of nitrogens with one attached hydrogen (secondary N) is 1. The predicted octanol–water partition coefficient (Wildman–Crippen LogP) is 4.39. The van der Waals surface area contributed by atoms with E-state index in [-0.39, 0.29) is 0 Å². The average Bonchev–Trinajstić information content (AvgIpc) is 2.78. The van der Waals surface area contributed by atoms with E-state index in [9.17, 15) is 0 Å². The fourth-order valence-corrected chi connectivity index (χ4v) is 3.36. The second-order valence-corrected chi connectivity index (χ2v) is 6.82. The molecule has 1 nitrogen and oxygen atoms in total. The predicted molar refractivity (Wildman–Crippen MR) is 85.5 cm³/mol. The van der Waals surface area contributed by atoms with Gasteiger partial charge in [0.1, 0.15) is 0 Å². The van der Waals surface area contributed by atoms with Crippen molar-refractivity contribution in [2.24, 2.45) is 0 Å². The fraction of sp³-hybridized carbons (Fsp3) is 0.375. The third kappa shape index (κ3) is 4.07. The van der Waals surface area contributed by atoms with Crippen LogP contribution in [0, 0.1) is 13.8 Å². The average molecular weight is 294 g/mol. The zero-order valence-corrected chi connectivity index (χ0v) is 13.2. The van der Waals surface area contributed by atoms with Gasteiger partial charge in [0.15, 0.2) is 0 Å². The first kappa shape index (κ1) is 14.6. The molecule has 0 fully saturated rings. The molecular formula is C16H20ClNS. The standard InChI is InChI=1S/C16H20ClNS/c1-11-4-5-13(8-12(11)2)9-14(18-3)10-15-6-7-16(17)19-15/h4-8,14,18H,9-10H2,1-3H3. The van der Waals surface area contributed by atoms with Gasteiger partial charge in [-0.1, -0.05) is 29.8 Å². The maximum absolute atomic E-state index is 5.98. The molecule has 0 aliphatic rings. The van der Waals surface area contributed by atoms with Gasteiger partial charge < -0.3 is 5.32 Å². The van der Waals surface area contributed by atoms with Crippen LogP contribution in [-0.2, 0) is 12.8 Å². The second kappa shape index (κ2) is 6.56. The molecule has 0 saturated heterocycles. The van der Waals surface area contributed by atoms with Gasteiger partial charge in [-0.15, -0.1) is 11.3 Å². The summed E-state index contributed by atoms with van der Waals surface area (Å²) in [6.45, 7) is 4.33. The third-order valence-electron chi connectivity index (χ3n) is 3.54. The molecule has 0 radical (unpaired) electrons. The number of benzene rings is 1. The lowest BCUT2D eigenvalue weighted by Gasteiger charge is -2.16. The van der Waals surface area contributed by atoms with Gasteiger partial charge in [0.2, 0.25) is 0 Å². The summed E-state index contributed by atoms with van der Waals surface area (Å²) in [5.74, 6) is 0. The number of thiophene rings is 1. The Morgan fingerprint density at radius 1 is 1.11 bits per heavy atom. The molecule has 19 heavy (non-hydrogen) atoms. The molecule has 0 amide bonds. The Balaban J connectivity index is 2.04. The number of hydrogen-bond acceptors (Lipinski definition) is 2. The fourth-order valence-electron chi connectivity index (χ4n) is 2.20. The number of hydrogen-bond donors (Lipinski definition) is 1. The maximum Gasteiger partial charge on any atom is 0.0931 e. The summed E-state index contributed by atoms with van der Waals surface area (Å²) in [5, 5.41) is 3.41. The zero-order valence-electron chi connectivity index (χ0n) is 11.7. The molecule has 102 valence electrons. The molecule has 0 bridgehead atoms. The van der Waals surface area contributed by atoms with Gasteiger partial charge in [-0.3, -0.25) is 0 Å². The van der Waals surface area contributed by atoms with Crippen LogP contribution in [0.25, 0.3) is 0 Å². The van der Waals surface area contributed by atoms with Crippen LogP contribution in [0.4, 0.5) is 0 Å². The summed E-state index contributed by atoms with van der Waals surface area (Å²) in [6.07, 6.45) is 2.08. The molecule has 1 N–H and O–H groups in total. The highest BCUT2D eigenvalue weighted by atomic mass is 35.5. The molecule has 1 aromatic carbocycles. The SMILES string of the molecule is CNC(Cc1ccc(C)c(C)c1)Cc1ccc(Cl)s1. The van der Waals surface area contributed by atoms with Crippen molar-refractivity contribution in [2.45, 2.75) is 32.7 Å². The van der Waals surface area contributed by atoms with Gasteiger partial charge >= 0.3 is 0 Å². The van der Waals surface area contributed by atoms with Gasteiger partial charge in [-0.25, -0.2) is 0 Å². The molecule has 0 aliphatic heterocycles. The molecule has 0 aliphatic carbocycles. The molecule has 0 spiro atoms. The van der Waals surface area contributed by atoms with Crippen LogP contribution in [0.2, 0.25) is 4.34 Å². The number of aryl methyl sites for hydroxylation is 2. The number of rotatable bonds is 5. The van der Waals surface area contributed by atoms with E-state index in [1.807, 2.05) is 13.1 Å². The second-order valence-electron chi connectivity index (χ2n) is 5.02. The molecule has 2 rings (SSSR count). The Bertz CT molecular complexity index is 547. The Morgan fingerprint density at radius 2 is 1.89 bits per heavy atom. The maximum atomic E-state index is 5.98. The molecule has 1 atom stereocenters. The van der Waals surface area contributed by atoms with Crippen LogP contribution in [0.1, 0.15) is 21.6 Å². The highest BCUT2D eigenvalue weighted by Crippen LogP contribution is 2.23. The molecular weight excluding hydrogens is 274 g/mol. The smallest absolute Gasteiger partial charge is 0.0931 e. The summed E-state index contributed by atoms with van der Waals surface area (Å²) >= 11 is 7.66. The van der Waals surface area contributed by atoms with E-state index < -0.39 is 0 Å². The zero-order chi connectivity index (χ0) is 13.8. The largest absolute Gasteiger partial charge is 0.316 e. The van der Waals surface area contributed by atoms with Crippen LogP contribution in [0.5, 0.6) is 0 Å². The van der Waals surface area contributed by atoms with E-state index in [1.165, 1.54) is 21.6 Å². The molecule has 3 heteroatoms. The summed E-state index contributed by atoms with van der Waals surface area (Å²) in [7, 11) is 2.03. The summed E-state index contributed by atoms with van der Waals surface area (Å²) in [4.78, 5) is 1.34. The van der Waals surface area contributed by atoms with E-state index >= 15 is 0 Å². The topological polar surface area (TPSA) is 12.0 Å². The first-order valence-electron chi connectivity index (χ1n) is 6.56. The highest BCUT2D eigenvalue weighted by Gasteiger charge is 2.10. The molecule has 1 aromatic heterocycles. The van der Waals surface area contributed by atoms with E-state index in [4.69, 9.17) is 11.6 Å². The van der Waals surface area contributed by atoms with E-state index in [2.05, 4.69) is 43.4 Å². The van der Waals surface area contributed by atoms with Crippen molar-refractivity contribution in [3.05, 3.63) is 56.2 Å². The van der Waals surface area contributed by atoms with Crippen molar-refractivity contribution in [3.63, 3.8) is 0 Å². The van der Waals surface area contributed by atoms with Gasteiger partial charge in [-0.2, -0.15) is 0 Å². The Kier molecular flexibility index (Phi) is 5.03. The van der Waals surface area contributed by atoms with Gasteiger partial charge in [0, 0.05) is 10.9 Å². The number of halogens is 1. The lowest BCUT2D eigenvalue weighted by Crippen LogP contribution is -2.29. The van der Waals surface area contributed by atoms with Gasteiger partial charge in [0.25, 0.3) is 0 Å². The molecule has 2 aromatic rings. The van der Waals surface area contributed by atoms with E-state index in [1.54, 1.807) is 11.3 Å². The monoisotopic (exact) mass is 293 g/mol. The van der Waals surface area contributed by atoms with Crippen LogP contribution >= 0.6 is 22.9 Å². The number of likely N-dealkylation sites (N-methyl/N-ethyl adjacent to an activating group) is 1. The van der Waals surface area contributed by atoms with Gasteiger partial charge in [0.05, 0.1) is 4.34 Å². The lowest BCUT2D eigenvalue weighted by atomic mass is 9.99. The Labute approximate surface area is 124 Å². The minimum Gasteiger partial charge on any atom is -0.316 e. The minimum absolute atomic E-state index is 0.455. The Hall–Kier alpha value is -0.830. The highest BCUT2D eigenvalue weighted by molar-refractivity contribution is 7.16. The van der Waals surface area contributed by atoms with Crippen molar-refractivity contribution in [2.75, 3.05) is 7.05 Å². The quantitative estimate of drug-likeness (QED) is 0.862. The molecule has 1 heterocycles. The summed E-state index contributed by atoms with van der Waals surface area (Å²) in [6, 6.07) is 11.3. The van der Waals surface area contributed by atoms with E-state index in [0.29, 0.717) is 6.04 Å². The van der Waals surface area contributed by atoms with Crippen LogP contribution in [-0.4, -0.2) is 13.1 Å². The van der Waals surface area contributed by atoms with Crippen molar-refractivity contribution in [1.29, 1.82) is 0 Å². The van der Waals surface area contributed by atoms with Crippen molar-refractivity contribution < 1.29 is 0 Å². The first-order valence-corrected chi connectivity index (χ1v) is 7.75. The normalized spacial score (nSPS) is 12.6. The molecule has 1 unspecified atom stereocenters. The van der Waals surface area contributed by atoms with Crippen LogP contribution in [0.15, 0.2) is 30.3 Å². The lowest BCUT2D eigenvalue weighted by molar-refractivity contribution is 0.560. The van der Waals surface area contributed by atoms with Crippen molar-refractivity contribution >= 4 is 22.9 Å². The van der Waals surface area contributed by atoms with E-state index in [0.717, 1.165) is 17.2 Å². The Morgan fingerprint density at radius 3 is 2.47 bits per heavy atom. The third-order valence-corrected chi connectivity index (χ3v) is 4.79. The van der Waals surface area contributed by atoms with Crippen molar-refractivity contribution in [3.8, 4) is 0 Å². The van der Waals surface area contributed by atoms with Gasteiger partial charge in [-0.05, 0) is 62.6 Å². The van der Waals surface area contributed by atoms with Crippen LogP contribution in [0.3, 0.4) is 0 Å². The first-order chi connectivity index (χ1) is 9.08.